The molecule has 2 heterocycles. The minimum Gasteiger partial charge on any atom is -0.354 e. The molecule has 0 bridgehead atoms. The lowest BCUT2D eigenvalue weighted by Gasteiger charge is -2.21. The Labute approximate surface area is 224 Å². The summed E-state index contributed by atoms with van der Waals surface area (Å²) in [5.41, 5.74) is 0.437. The molecule has 2 aromatic carbocycles. The quantitative estimate of drug-likeness (QED) is 0.388. The third-order valence-electron chi connectivity index (χ3n) is 6.54. The van der Waals surface area contributed by atoms with Crippen LogP contribution in [0.4, 0.5) is 21.5 Å². The molecule has 1 fully saturated rings. The number of carbonyl (C=O) groups excluding carboxylic acids is 1. The molecule has 1 saturated carbocycles. The number of hydrogen-bond acceptors (Lipinski definition) is 5. The summed E-state index contributed by atoms with van der Waals surface area (Å²) in [6.07, 6.45) is 1.31. The number of benzene rings is 2. The molecule has 9 nitrogen and oxygen atoms in total. The molecule has 39 heavy (non-hydrogen) atoms. The molecular formula is C29H32FN5O4. The fourth-order valence-electron chi connectivity index (χ4n) is 4.64. The van der Waals surface area contributed by atoms with Crippen LogP contribution in [-0.4, -0.2) is 19.6 Å². The number of fused-ring (bicyclic) bond motifs is 1. The van der Waals surface area contributed by atoms with E-state index >= 15 is 4.39 Å². The van der Waals surface area contributed by atoms with Crippen LogP contribution in [0.2, 0.25) is 0 Å². The zero-order chi connectivity index (χ0) is 28.6. The first-order valence-electron chi connectivity index (χ1n) is 12.9. The highest BCUT2D eigenvalue weighted by atomic mass is 19.1. The van der Waals surface area contributed by atoms with Crippen LogP contribution >= 0.6 is 0 Å². The number of pyridine rings is 1. The molecule has 10 heteroatoms. The molecule has 0 atom stereocenters. The van der Waals surface area contributed by atoms with Gasteiger partial charge in [0.2, 0.25) is 5.91 Å². The van der Waals surface area contributed by atoms with Crippen LogP contribution in [0.3, 0.4) is 0 Å². The van der Waals surface area contributed by atoms with Crippen molar-refractivity contribution >= 4 is 34.0 Å². The van der Waals surface area contributed by atoms with Crippen LogP contribution < -0.4 is 27.4 Å². The van der Waals surface area contributed by atoms with E-state index in [2.05, 4.69) is 10.6 Å². The molecule has 1 amide bonds. The summed E-state index contributed by atoms with van der Waals surface area (Å²) < 4.78 is 18.7. The molecule has 204 valence electrons. The summed E-state index contributed by atoms with van der Waals surface area (Å²) in [7, 11) is 1.46. The van der Waals surface area contributed by atoms with Gasteiger partial charge in [-0.2, -0.15) is 0 Å². The Bertz CT molecular complexity index is 1780. The summed E-state index contributed by atoms with van der Waals surface area (Å²) in [5, 5.41) is 5.95. The number of carbonyl (C=O) groups is 1. The zero-order valence-electron chi connectivity index (χ0n) is 22.9. The van der Waals surface area contributed by atoms with E-state index in [4.69, 9.17) is 0 Å². The van der Waals surface area contributed by atoms with Gasteiger partial charge in [-0.25, -0.2) is 13.8 Å². The third kappa shape index (κ3) is 5.01. The van der Waals surface area contributed by atoms with E-state index in [1.807, 2.05) is 13.8 Å². The highest BCUT2D eigenvalue weighted by Gasteiger charge is 2.32. The molecule has 2 aromatic heterocycles. The Morgan fingerprint density at radius 2 is 1.64 bits per heavy atom. The lowest BCUT2D eigenvalue weighted by Crippen LogP contribution is -2.42. The van der Waals surface area contributed by atoms with E-state index < -0.39 is 22.6 Å². The van der Waals surface area contributed by atoms with Gasteiger partial charge in [0, 0.05) is 37.0 Å². The maximum Gasteiger partial charge on any atom is 0.337 e. The van der Waals surface area contributed by atoms with Gasteiger partial charge in [-0.3, -0.25) is 23.5 Å². The van der Waals surface area contributed by atoms with Gasteiger partial charge in [0.25, 0.3) is 11.1 Å². The maximum atomic E-state index is 15.2. The van der Waals surface area contributed by atoms with Gasteiger partial charge in [-0.15, -0.1) is 0 Å². The fourth-order valence-corrected chi connectivity index (χ4v) is 4.64. The van der Waals surface area contributed by atoms with Crippen LogP contribution in [0, 0.1) is 19.7 Å². The Kier molecular flexibility index (Phi) is 7.58. The highest BCUT2D eigenvalue weighted by Crippen LogP contribution is 2.34. The topological polar surface area (TPSA) is 107 Å². The van der Waals surface area contributed by atoms with Crippen molar-refractivity contribution in [3.05, 3.63) is 90.6 Å². The number of nitrogens with zero attached hydrogens (tertiary/aromatic N) is 3. The monoisotopic (exact) mass is 533 g/mol. The van der Waals surface area contributed by atoms with Crippen LogP contribution in [0.25, 0.3) is 16.7 Å². The number of nitrogens with one attached hydrogen (secondary N) is 2. The van der Waals surface area contributed by atoms with Crippen LogP contribution in [0.5, 0.6) is 0 Å². The summed E-state index contributed by atoms with van der Waals surface area (Å²) in [6.45, 7) is 8.71. The Morgan fingerprint density at radius 3 is 2.26 bits per heavy atom. The largest absolute Gasteiger partial charge is 0.354 e. The van der Waals surface area contributed by atoms with E-state index in [9.17, 15) is 19.2 Å². The van der Waals surface area contributed by atoms with Gasteiger partial charge in [0.05, 0.1) is 11.4 Å². The van der Waals surface area contributed by atoms with Gasteiger partial charge < -0.3 is 10.6 Å². The fraction of sp³-hybridized carbons (Fsp3) is 0.310. The lowest BCUT2D eigenvalue weighted by molar-refractivity contribution is -0.114. The van der Waals surface area contributed by atoms with E-state index in [1.54, 1.807) is 44.2 Å². The molecule has 0 spiro atoms. The van der Waals surface area contributed by atoms with Crippen molar-refractivity contribution in [3.8, 4) is 5.69 Å². The average Bonchev–Trinajstić information content (AvgIpc) is 3.72. The molecule has 0 aliphatic heterocycles. The number of hydrogen-bond donors (Lipinski definition) is 2. The predicted octanol–water partition coefficient (Wildman–Crippen LogP) is 4.67. The molecule has 5 rings (SSSR count). The van der Waals surface area contributed by atoms with Crippen molar-refractivity contribution in [2.24, 2.45) is 7.05 Å². The van der Waals surface area contributed by atoms with E-state index in [0.29, 0.717) is 29.8 Å². The number of aryl methyl sites for hydroxylation is 2. The maximum absolute atomic E-state index is 15.2. The van der Waals surface area contributed by atoms with Crippen molar-refractivity contribution in [1.82, 2.24) is 13.7 Å². The highest BCUT2D eigenvalue weighted by molar-refractivity contribution is 5.94. The smallest absolute Gasteiger partial charge is 0.337 e. The van der Waals surface area contributed by atoms with Crippen LogP contribution in [0.1, 0.15) is 50.8 Å². The Morgan fingerprint density at radius 1 is 0.974 bits per heavy atom. The van der Waals surface area contributed by atoms with Crippen molar-refractivity contribution in [2.45, 2.75) is 53.5 Å². The van der Waals surface area contributed by atoms with E-state index in [-0.39, 0.29) is 39.9 Å². The zero-order valence-corrected chi connectivity index (χ0v) is 22.9. The Balaban J connectivity index is 0.00000172. The number of aromatic nitrogens is 3. The van der Waals surface area contributed by atoms with Gasteiger partial charge in [-0.1, -0.05) is 26.0 Å². The molecule has 2 N–H and O–H groups in total. The van der Waals surface area contributed by atoms with Gasteiger partial charge in [0.15, 0.2) is 0 Å². The van der Waals surface area contributed by atoms with Crippen molar-refractivity contribution in [2.75, 3.05) is 10.6 Å². The predicted molar refractivity (Wildman–Crippen MR) is 152 cm³/mol. The molecule has 0 radical (unpaired) electrons. The second-order valence-electron chi connectivity index (χ2n) is 9.43. The Hall–Kier alpha value is -4.47. The van der Waals surface area contributed by atoms with Crippen molar-refractivity contribution in [1.29, 1.82) is 0 Å². The first-order valence-corrected chi connectivity index (χ1v) is 12.9. The second-order valence-corrected chi connectivity index (χ2v) is 9.43. The third-order valence-corrected chi connectivity index (χ3v) is 6.54. The number of amides is 1. The molecule has 0 unspecified atom stereocenters. The lowest BCUT2D eigenvalue weighted by atomic mass is 10.1. The normalized spacial score (nSPS) is 12.6. The van der Waals surface area contributed by atoms with Crippen molar-refractivity contribution in [3.63, 3.8) is 0 Å². The minimum absolute atomic E-state index is 0.00855. The van der Waals surface area contributed by atoms with Gasteiger partial charge in [-0.05, 0) is 62.6 Å². The SMILES string of the molecule is CC.CC(=O)Nc1cccc(Nc2c(C)c(=O)n(C)c3c2c(=O)n(C2CC2)c(=O)n3-c2ccc(C)cc2F)c1. The van der Waals surface area contributed by atoms with Crippen LogP contribution in [-0.2, 0) is 11.8 Å². The van der Waals surface area contributed by atoms with Gasteiger partial charge in [0.1, 0.15) is 16.9 Å². The minimum atomic E-state index is -0.694. The number of anilines is 3. The molecule has 4 aromatic rings. The summed E-state index contributed by atoms with van der Waals surface area (Å²) in [4.78, 5) is 52.4. The first kappa shape index (κ1) is 27.6. The second kappa shape index (κ2) is 10.7. The molecular weight excluding hydrogens is 501 g/mol. The van der Waals surface area contributed by atoms with E-state index in [0.717, 1.165) is 9.13 Å². The number of rotatable bonds is 5. The average molecular weight is 534 g/mol. The summed E-state index contributed by atoms with van der Waals surface area (Å²) >= 11 is 0. The van der Waals surface area contributed by atoms with E-state index in [1.165, 1.54) is 30.7 Å². The standard InChI is InChI=1S/C27H26FN5O4.C2H6/c1-14-8-11-21(20(28)12-14)33-24-22(26(36)32(27(33)37)19-9-10-19)23(15(2)25(35)31(24)4)30-18-7-5-6-17(13-18)29-16(3)34;1-2/h5-8,11-13,19,30H,9-10H2,1-4H3,(H,29,34);1-2H3. The molecule has 1 aliphatic carbocycles. The van der Waals surface area contributed by atoms with Crippen molar-refractivity contribution < 1.29 is 9.18 Å². The number of halogens is 1. The first-order chi connectivity index (χ1) is 18.6. The molecule has 1 aliphatic rings. The molecule has 0 saturated heterocycles. The summed E-state index contributed by atoms with van der Waals surface area (Å²) in [5.74, 6) is -0.890. The summed E-state index contributed by atoms with van der Waals surface area (Å²) in [6, 6.07) is 11.0. The van der Waals surface area contributed by atoms with Gasteiger partial charge >= 0.3 is 5.69 Å². The van der Waals surface area contributed by atoms with Crippen LogP contribution in [0.15, 0.2) is 56.8 Å².